The van der Waals surface area contributed by atoms with Crippen LogP contribution in [0.1, 0.15) is 34.7 Å². The molecule has 0 spiro atoms. The van der Waals surface area contributed by atoms with E-state index in [0.717, 1.165) is 5.02 Å². The first kappa shape index (κ1) is 10.7. The number of likely N-dealkylation sites (N-methyl/N-ethyl adjacent to an activating group) is 1. The molecule has 1 saturated carbocycles. The number of nitrogens with one attached hydrogen (secondary N) is 1. The summed E-state index contributed by atoms with van der Waals surface area (Å²) in [6, 6.07) is 5.65. The van der Waals surface area contributed by atoms with Gasteiger partial charge in [-0.3, -0.25) is 4.79 Å². The van der Waals surface area contributed by atoms with Crippen LogP contribution in [0.25, 0.3) is 0 Å². The number of rotatable bonds is 4. The van der Waals surface area contributed by atoms with Crippen molar-refractivity contribution in [1.29, 1.82) is 0 Å². The molecule has 0 radical (unpaired) electrons. The molecule has 1 aromatic carbocycles. The van der Waals surface area contributed by atoms with Gasteiger partial charge in [-0.15, -0.1) is 0 Å². The van der Waals surface area contributed by atoms with E-state index < -0.39 is 0 Å². The molecule has 0 atom stereocenters. The highest BCUT2D eigenvalue weighted by Gasteiger charge is 2.25. The lowest BCUT2D eigenvalue weighted by Gasteiger charge is -2.05. The van der Waals surface area contributed by atoms with Crippen LogP contribution < -0.4 is 5.32 Å². The van der Waals surface area contributed by atoms with Crippen LogP contribution in [0.2, 0.25) is 5.02 Å². The standard InChI is InChI=1S/C12H14ClNO/c1-14-7-12(15)9-4-5-10(8-2-3-8)11(13)6-9/h4-6,8,14H,2-3,7H2,1H3. The van der Waals surface area contributed by atoms with E-state index in [0.29, 0.717) is 18.0 Å². The van der Waals surface area contributed by atoms with Gasteiger partial charge >= 0.3 is 0 Å². The fourth-order valence-electron chi connectivity index (χ4n) is 1.69. The molecule has 0 saturated heterocycles. The zero-order valence-corrected chi connectivity index (χ0v) is 9.47. The minimum atomic E-state index is 0.0850. The highest BCUT2D eigenvalue weighted by atomic mass is 35.5. The Labute approximate surface area is 94.6 Å². The summed E-state index contributed by atoms with van der Waals surface area (Å²) in [6.07, 6.45) is 2.45. The van der Waals surface area contributed by atoms with E-state index in [1.165, 1.54) is 18.4 Å². The molecule has 0 aliphatic heterocycles. The summed E-state index contributed by atoms with van der Waals surface area (Å²) in [5.74, 6) is 0.715. The van der Waals surface area contributed by atoms with Crippen molar-refractivity contribution >= 4 is 17.4 Å². The van der Waals surface area contributed by atoms with E-state index in [2.05, 4.69) is 5.32 Å². The van der Waals surface area contributed by atoms with Gasteiger partial charge in [0.2, 0.25) is 0 Å². The number of hydrogen-bond acceptors (Lipinski definition) is 2. The van der Waals surface area contributed by atoms with Crippen molar-refractivity contribution in [2.75, 3.05) is 13.6 Å². The number of Topliss-reactive ketones (excluding diaryl/α,β-unsaturated/α-hetero) is 1. The van der Waals surface area contributed by atoms with Gasteiger partial charge in [-0.2, -0.15) is 0 Å². The zero-order chi connectivity index (χ0) is 10.8. The summed E-state index contributed by atoms with van der Waals surface area (Å²) in [5.41, 5.74) is 1.89. The predicted octanol–water partition coefficient (Wildman–Crippen LogP) is 2.62. The Morgan fingerprint density at radius 1 is 1.53 bits per heavy atom. The quantitative estimate of drug-likeness (QED) is 0.796. The molecule has 15 heavy (non-hydrogen) atoms. The molecule has 80 valence electrons. The molecule has 0 amide bonds. The van der Waals surface area contributed by atoms with Crippen molar-refractivity contribution in [3.8, 4) is 0 Å². The molecule has 2 nitrogen and oxygen atoms in total. The third-order valence-corrected chi connectivity index (χ3v) is 3.00. The molecule has 1 aliphatic carbocycles. The Kier molecular flexibility index (Phi) is 3.08. The molecule has 0 heterocycles. The number of ketones is 1. The average molecular weight is 224 g/mol. The van der Waals surface area contributed by atoms with Crippen molar-refractivity contribution in [3.05, 3.63) is 34.3 Å². The minimum Gasteiger partial charge on any atom is -0.313 e. The second-order valence-electron chi connectivity index (χ2n) is 3.96. The van der Waals surface area contributed by atoms with Crippen molar-refractivity contribution < 1.29 is 4.79 Å². The number of hydrogen-bond donors (Lipinski definition) is 1. The lowest BCUT2D eigenvalue weighted by atomic mass is 10.1. The van der Waals surface area contributed by atoms with Crippen LogP contribution in [-0.2, 0) is 0 Å². The van der Waals surface area contributed by atoms with Gasteiger partial charge in [0.05, 0.1) is 6.54 Å². The average Bonchev–Trinajstić information content (AvgIpc) is 3.01. The third-order valence-electron chi connectivity index (χ3n) is 2.68. The molecule has 0 unspecified atom stereocenters. The van der Waals surface area contributed by atoms with E-state index >= 15 is 0 Å². The van der Waals surface area contributed by atoms with E-state index in [4.69, 9.17) is 11.6 Å². The second-order valence-corrected chi connectivity index (χ2v) is 4.37. The van der Waals surface area contributed by atoms with Crippen LogP contribution in [0.5, 0.6) is 0 Å². The molecule has 0 bridgehead atoms. The maximum absolute atomic E-state index is 11.6. The summed E-state index contributed by atoms with van der Waals surface area (Å²) in [5, 5.41) is 3.58. The van der Waals surface area contributed by atoms with Gasteiger partial charge in [-0.1, -0.05) is 23.7 Å². The van der Waals surface area contributed by atoms with E-state index in [-0.39, 0.29) is 5.78 Å². The monoisotopic (exact) mass is 223 g/mol. The summed E-state index contributed by atoms with van der Waals surface area (Å²) in [6.45, 7) is 0.360. The van der Waals surface area contributed by atoms with Gasteiger partial charge in [0.1, 0.15) is 0 Å². The normalized spacial score (nSPS) is 15.3. The van der Waals surface area contributed by atoms with Crippen molar-refractivity contribution in [2.24, 2.45) is 0 Å². The second kappa shape index (κ2) is 4.33. The number of carbonyl (C=O) groups is 1. The van der Waals surface area contributed by atoms with Gasteiger partial charge in [0, 0.05) is 10.6 Å². The largest absolute Gasteiger partial charge is 0.313 e. The van der Waals surface area contributed by atoms with Crippen molar-refractivity contribution in [2.45, 2.75) is 18.8 Å². The fraction of sp³-hybridized carbons (Fsp3) is 0.417. The van der Waals surface area contributed by atoms with Gasteiger partial charge in [0.15, 0.2) is 5.78 Å². The SMILES string of the molecule is CNCC(=O)c1ccc(C2CC2)c(Cl)c1. The van der Waals surface area contributed by atoms with Gasteiger partial charge in [0.25, 0.3) is 0 Å². The Balaban J connectivity index is 2.20. The Morgan fingerprint density at radius 2 is 2.27 bits per heavy atom. The van der Waals surface area contributed by atoms with Crippen LogP contribution >= 0.6 is 11.6 Å². The molecule has 3 heteroatoms. The number of carbonyl (C=O) groups excluding carboxylic acids is 1. The van der Waals surface area contributed by atoms with E-state index in [1.807, 2.05) is 12.1 Å². The number of halogens is 1. The maximum Gasteiger partial charge on any atom is 0.176 e. The molecule has 1 aromatic rings. The molecule has 1 aliphatic rings. The fourth-order valence-corrected chi connectivity index (χ4v) is 2.02. The van der Waals surface area contributed by atoms with Crippen LogP contribution in [-0.4, -0.2) is 19.4 Å². The summed E-state index contributed by atoms with van der Waals surface area (Å²) < 4.78 is 0. The summed E-state index contributed by atoms with van der Waals surface area (Å²) in [4.78, 5) is 11.6. The van der Waals surface area contributed by atoms with Crippen LogP contribution in [0.4, 0.5) is 0 Å². The Hall–Kier alpha value is -0.860. The molecule has 0 aromatic heterocycles. The summed E-state index contributed by atoms with van der Waals surface area (Å²) in [7, 11) is 1.76. The summed E-state index contributed by atoms with van der Waals surface area (Å²) >= 11 is 6.14. The highest BCUT2D eigenvalue weighted by molar-refractivity contribution is 6.31. The first-order valence-electron chi connectivity index (χ1n) is 5.19. The first-order valence-corrected chi connectivity index (χ1v) is 5.57. The lowest BCUT2D eigenvalue weighted by molar-refractivity contribution is 0.0993. The molecular weight excluding hydrogens is 210 g/mol. The molecule has 1 fully saturated rings. The Bertz CT molecular complexity index is 385. The smallest absolute Gasteiger partial charge is 0.176 e. The maximum atomic E-state index is 11.6. The van der Waals surface area contributed by atoms with Gasteiger partial charge in [-0.05, 0) is 37.4 Å². The predicted molar refractivity (Wildman–Crippen MR) is 61.7 cm³/mol. The van der Waals surface area contributed by atoms with Gasteiger partial charge < -0.3 is 5.32 Å². The Morgan fingerprint density at radius 3 is 2.80 bits per heavy atom. The number of benzene rings is 1. The molecular formula is C12H14ClNO. The highest BCUT2D eigenvalue weighted by Crippen LogP contribution is 2.43. The van der Waals surface area contributed by atoms with E-state index in [1.54, 1.807) is 13.1 Å². The lowest BCUT2D eigenvalue weighted by Crippen LogP contribution is -2.18. The minimum absolute atomic E-state index is 0.0850. The van der Waals surface area contributed by atoms with Crippen LogP contribution in [0.3, 0.4) is 0 Å². The third kappa shape index (κ3) is 2.39. The zero-order valence-electron chi connectivity index (χ0n) is 8.72. The molecule has 2 rings (SSSR count). The van der Waals surface area contributed by atoms with Crippen LogP contribution in [0.15, 0.2) is 18.2 Å². The van der Waals surface area contributed by atoms with Crippen LogP contribution in [0, 0.1) is 0 Å². The first-order chi connectivity index (χ1) is 7.22. The van der Waals surface area contributed by atoms with Gasteiger partial charge in [-0.25, -0.2) is 0 Å². The van der Waals surface area contributed by atoms with Crippen molar-refractivity contribution in [3.63, 3.8) is 0 Å². The topological polar surface area (TPSA) is 29.1 Å². The van der Waals surface area contributed by atoms with E-state index in [9.17, 15) is 4.79 Å². The van der Waals surface area contributed by atoms with Crippen molar-refractivity contribution in [1.82, 2.24) is 5.32 Å². The molecule has 1 N–H and O–H groups in total.